The molecule has 0 fully saturated rings. The molecule has 0 saturated heterocycles. The van der Waals surface area contributed by atoms with Crippen molar-refractivity contribution in [3.63, 3.8) is 0 Å². The fourth-order valence-electron chi connectivity index (χ4n) is 3.01. The van der Waals surface area contributed by atoms with E-state index in [9.17, 15) is 9.90 Å². The molecule has 2 aromatic carbocycles. The molecule has 0 spiro atoms. The molecule has 128 valence electrons. The van der Waals surface area contributed by atoms with Crippen molar-refractivity contribution in [1.29, 1.82) is 0 Å². The number of rotatable bonds is 3. The second kappa shape index (κ2) is 6.38. The maximum absolute atomic E-state index is 11.8. The summed E-state index contributed by atoms with van der Waals surface area (Å²) in [6.07, 6.45) is 1.73. The number of nitrogens with zero attached hydrogens (tertiary/aromatic N) is 3. The second-order valence-corrected chi connectivity index (χ2v) is 6.82. The molecule has 4 aromatic rings. The molecule has 0 aliphatic carbocycles. The van der Waals surface area contributed by atoms with E-state index in [2.05, 4.69) is 25.9 Å². The standard InChI is InChI=1S/C20H14BrN3O2/c1-12-19(22-11-24(12)14-5-3-2-4-6-14)18-10-16(20(25)26)15-9-13(21)7-8-17(15)23-18/h2-11H,1H3,(H,25,26). The number of fused-ring (bicyclic) bond motifs is 1. The summed E-state index contributed by atoms with van der Waals surface area (Å²) < 4.78 is 2.77. The van der Waals surface area contributed by atoms with Crippen molar-refractivity contribution >= 4 is 32.8 Å². The van der Waals surface area contributed by atoms with Gasteiger partial charge in [-0.05, 0) is 43.3 Å². The van der Waals surface area contributed by atoms with E-state index in [0.29, 0.717) is 22.3 Å². The minimum absolute atomic E-state index is 0.208. The third kappa shape index (κ3) is 2.78. The topological polar surface area (TPSA) is 68.0 Å². The van der Waals surface area contributed by atoms with E-state index in [0.717, 1.165) is 15.9 Å². The van der Waals surface area contributed by atoms with Crippen molar-refractivity contribution in [2.75, 3.05) is 0 Å². The highest BCUT2D eigenvalue weighted by Gasteiger charge is 2.17. The average Bonchev–Trinajstić information content (AvgIpc) is 3.03. The van der Waals surface area contributed by atoms with Gasteiger partial charge in [0.2, 0.25) is 0 Å². The highest BCUT2D eigenvalue weighted by molar-refractivity contribution is 9.10. The summed E-state index contributed by atoms with van der Waals surface area (Å²) in [5.74, 6) is -0.989. The summed E-state index contributed by atoms with van der Waals surface area (Å²) in [7, 11) is 0. The Kier molecular flexibility index (Phi) is 4.05. The number of aromatic carboxylic acids is 1. The summed E-state index contributed by atoms with van der Waals surface area (Å²) in [6, 6.07) is 16.9. The number of carboxylic acid groups (broad SMARTS) is 1. The monoisotopic (exact) mass is 407 g/mol. The first-order valence-corrected chi connectivity index (χ1v) is 8.77. The van der Waals surface area contributed by atoms with E-state index < -0.39 is 5.97 Å². The Bertz CT molecular complexity index is 1140. The molecule has 0 unspecified atom stereocenters. The van der Waals surface area contributed by atoms with Crippen LogP contribution in [0.25, 0.3) is 28.0 Å². The Morgan fingerprint density at radius 2 is 1.88 bits per heavy atom. The number of aromatic nitrogens is 3. The van der Waals surface area contributed by atoms with Crippen LogP contribution in [0.15, 0.2) is 65.4 Å². The van der Waals surface area contributed by atoms with Crippen LogP contribution in [0.5, 0.6) is 0 Å². The highest BCUT2D eigenvalue weighted by Crippen LogP contribution is 2.29. The molecule has 26 heavy (non-hydrogen) atoms. The predicted molar refractivity (Wildman–Crippen MR) is 104 cm³/mol. The van der Waals surface area contributed by atoms with Gasteiger partial charge in [-0.2, -0.15) is 0 Å². The van der Waals surface area contributed by atoms with Gasteiger partial charge >= 0.3 is 5.97 Å². The Morgan fingerprint density at radius 1 is 1.12 bits per heavy atom. The first-order valence-electron chi connectivity index (χ1n) is 7.98. The lowest BCUT2D eigenvalue weighted by Crippen LogP contribution is -2.01. The first-order chi connectivity index (χ1) is 12.5. The van der Waals surface area contributed by atoms with Crippen LogP contribution in [-0.2, 0) is 0 Å². The smallest absolute Gasteiger partial charge is 0.336 e. The summed E-state index contributed by atoms with van der Waals surface area (Å²) in [4.78, 5) is 20.9. The molecule has 6 heteroatoms. The van der Waals surface area contributed by atoms with Crippen LogP contribution >= 0.6 is 15.9 Å². The van der Waals surface area contributed by atoms with Crippen molar-refractivity contribution in [2.24, 2.45) is 0 Å². The van der Waals surface area contributed by atoms with E-state index in [1.165, 1.54) is 0 Å². The number of pyridine rings is 1. The first kappa shape index (κ1) is 16.5. The number of imidazole rings is 1. The fourth-order valence-corrected chi connectivity index (χ4v) is 3.37. The molecule has 0 aliphatic heterocycles. The molecule has 1 N–H and O–H groups in total. The molecule has 5 nitrogen and oxygen atoms in total. The van der Waals surface area contributed by atoms with Crippen molar-refractivity contribution in [2.45, 2.75) is 6.92 Å². The number of para-hydroxylation sites is 1. The largest absolute Gasteiger partial charge is 0.478 e. The number of carbonyl (C=O) groups is 1. The lowest BCUT2D eigenvalue weighted by atomic mass is 10.1. The van der Waals surface area contributed by atoms with Crippen molar-refractivity contribution < 1.29 is 9.90 Å². The molecular weight excluding hydrogens is 394 g/mol. The molecule has 0 bridgehead atoms. The van der Waals surface area contributed by atoms with Gasteiger partial charge in [0, 0.05) is 21.2 Å². The summed E-state index contributed by atoms with van der Waals surface area (Å²) in [5.41, 5.74) is 3.94. The minimum atomic E-state index is -0.989. The third-order valence-corrected chi connectivity index (χ3v) is 4.78. The zero-order chi connectivity index (χ0) is 18.3. The summed E-state index contributed by atoms with van der Waals surface area (Å²) in [6.45, 7) is 1.95. The SMILES string of the molecule is Cc1c(-c2cc(C(=O)O)c3cc(Br)ccc3n2)ncn1-c1ccccc1. The number of benzene rings is 2. The molecule has 2 heterocycles. The van der Waals surface area contributed by atoms with Crippen LogP contribution in [0.2, 0.25) is 0 Å². The zero-order valence-corrected chi connectivity index (χ0v) is 15.4. The summed E-state index contributed by atoms with van der Waals surface area (Å²) in [5, 5.41) is 10.2. The van der Waals surface area contributed by atoms with Gasteiger partial charge in [0.1, 0.15) is 12.0 Å². The van der Waals surface area contributed by atoms with Gasteiger partial charge < -0.3 is 9.67 Å². The Morgan fingerprint density at radius 3 is 2.62 bits per heavy atom. The van der Waals surface area contributed by atoms with Gasteiger partial charge in [-0.25, -0.2) is 14.8 Å². The van der Waals surface area contributed by atoms with Gasteiger partial charge in [-0.15, -0.1) is 0 Å². The van der Waals surface area contributed by atoms with Crippen LogP contribution in [0, 0.1) is 6.92 Å². The molecule has 4 rings (SSSR count). The zero-order valence-electron chi connectivity index (χ0n) is 13.8. The lowest BCUT2D eigenvalue weighted by Gasteiger charge is -2.08. The fraction of sp³-hybridized carbons (Fsp3) is 0.0500. The van der Waals surface area contributed by atoms with Crippen LogP contribution in [0.1, 0.15) is 16.1 Å². The molecule has 2 aromatic heterocycles. The van der Waals surface area contributed by atoms with Crippen LogP contribution < -0.4 is 0 Å². The molecule has 0 radical (unpaired) electrons. The van der Waals surface area contributed by atoms with E-state index in [1.807, 2.05) is 47.9 Å². The van der Waals surface area contributed by atoms with Gasteiger partial charge in [-0.3, -0.25) is 0 Å². The van der Waals surface area contributed by atoms with Crippen molar-refractivity contribution in [3.8, 4) is 17.1 Å². The lowest BCUT2D eigenvalue weighted by molar-refractivity contribution is 0.0699. The van der Waals surface area contributed by atoms with Gasteiger partial charge in [0.05, 0.1) is 16.8 Å². The Balaban J connectivity index is 1.92. The van der Waals surface area contributed by atoms with Gasteiger partial charge in [0.25, 0.3) is 0 Å². The molecular formula is C20H14BrN3O2. The number of hydrogen-bond donors (Lipinski definition) is 1. The maximum Gasteiger partial charge on any atom is 0.336 e. The predicted octanol–water partition coefficient (Wildman–Crippen LogP) is 4.86. The molecule has 0 amide bonds. The quantitative estimate of drug-likeness (QED) is 0.526. The Hall–Kier alpha value is -2.99. The van der Waals surface area contributed by atoms with Crippen LogP contribution in [-0.4, -0.2) is 25.6 Å². The van der Waals surface area contributed by atoms with E-state index in [4.69, 9.17) is 0 Å². The molecule has 0 aliphatic rings. The number of carboxylic acids is 1. The van der Waals surface area contributed by atoms with Crippen LogP contribution in [0.3, 0.4) is 0 Å². The van der Waals surface area contributed by atoms with Crippen molar-refractivity contribution in [1.82, 2.24) is 14.5 Å². The minimum Gasteiger partial charge on any atom is -0.478 e. The number of halogens is 1. The average molecular weight is 408 g/mol. The molecule has 0 saturated carbocycles. The van der Waals surface area contributed by atoms with Crippen molar-refractivity contribution in [3.05, 3.63) is 76.7 Å². The van der Waals surface area contributed by atoms with Gasteiger partial charge in [0.15, 0.2) is 0 Å². The second-order valence-electron chi connectivity index (χ2n) is 5.91. The normalized spacial score (nSPS) is 11.0. The van der Waals surface area contributed by atoms with E-state index in [1.54, 1.807) is 24.5 Å². The molecule has 0 atom stereocenters. The van der Waals surface area contributed by atoms with E-state index in [-0.39, 0.29) is 5.56 Å². The third-order valence-electron chi connectivity index (χ3n) is 4.28. The summed E-state index contributed by atoms with van der Waals surface area (Å²) >= 11 is 3.38. The van der Waals surface area contributed by atoms with Crippen LogP contribution in [0.4, 0.5) is 0 Å². The Labute approximate surface area is 158 Å². The van der Waals surface area contributed by atoms with Gasteiger partial charge in [-0.1, -0.05) is 34.1 Å². The highest BCUT2D eigenvalue weighted by atomic mass is 79.9. The maximum atomic E-state index is 11.8. The number of hydrogen-bond acceptors (Lipinski definition) is 3. The van der Waals surface area contributed by atoms with E-state index >= 15 is 0 Å².